The van der Waals surface area contributed by atoms with Crippen molar-refractivity contribution in [1.82, 2.24) is 9.97 Å². The molecule has 0 spiro atoms. The van der Waals surface area contributed by atoms with Gasteiger partial charge in [-0.25, -0.2) is 9.41 Å². The number of nitrogens with one attached hydrogen (secondary N) is 1. The van der Waals surface area contributed by atoms with Gasteiger partial charge < -0.3 is 10.7 Å². The van der Waals surface area contributed by atoms with Crippen molar-refractivity contribution in [2.45, 2.75) is 12.5 Å². The van der Waals surface area contributed by atoms with Gasteiger partial charge in [-0.2, -0.15) is 9.98 Å². The fraction of sp³-hybridized carbons (Fsp3) is 0.222. The number of aliphatic imine (C=N–C) groups is 2. The molecule has 1 atom stereocenters. The van der Waals surface area contributed by atoms with Gasteiger partial charge in [-0.15, -0.1) is 0 Å². The lowest BCUT2D eigenvalue weighted by Crippen LogP contribution is -2.30. The van der Waals surface area contributed by atoms with Crippen molar-refractivity contribution in [3.8, 4) is 0 Å². The number of carbonyl (C=O) groups excluding carboxylic acids is 2. The highest BCUT2D eigenvalue weighted by Crippen LogP contribution is 2.02. The zero-order valence-corrected chi connectivity index (χ0v) is 8.33. The van der Waals surface area contributed by atoms with Crippen molar-refractivity contribution in [2.24, 2.45) is 15.7 Å². The van der Waals surface area contributed by atoms with Crippen LogP contribution in [0, 0.1) is 0 Å². The molecule has 0 bridgehead atoms. The van der Waals surface area contributed by atoms with E-state index in [0.29, 0.717) is 6.42 Å². The molecule has 2 rings (SSSR count). The highest BCUT2D eigenvalue weighted by Gasteiger charge is 2.28. The zero-order chi connectivity index (χ0) is 11.4. The number of carbonyl (C=O) groups is 1. The van der Waals surface area contributed by atoms with E-state index in [1.54, 1.807) is 6.20 Å². The second kappa shape index (κ2) is 4.58. The summed E-state index contributed by atoms with van der Waals surface area (Å²) in [6, 6.07) is -0.746. The summed E-state index contributed by atoms with van der Waals surface area (Å²) in [6.45, 7) is 0. The highest BCUT2D eigenvalue weighted by molar-refractivity contribution is 6.25. The minimum Gasteiger partial charge on any atom is -0.348 e. The molecular weight excluding hydrogens is 210 g/mol. The first-order valence-electron chi connectivity index (χ1n) is 4.64. The number of hydrogen-bond acceptors (Lipinski definition) is 3. The van der Waals surface area contributed by atoms with E-state index in [2.05, 4.69) is 20.0 Å². The van der Waals surface area contributed by atoms with Crippen LogP contribution in [0.2, 0.25) is 0 Å². The van der Waals surface area contributed by atoms with E-state index in [1.807, 2.05) is 0 Å². The van der Waals surface area contributed by atoms with E-state index in [0.717, 1.165) is 5.69 Å². The molecule has 0 aromatic carbocycles. The Bertz CT molecular complexity index is 446. The lowest BCUT2D eigenvalue weighted by molar-refractivity contribution is -0.192. The van der Waals surface area contributed by atoms with Gasteiger partial charge in [0, 0.05) is 18.3 Å². The molecule has 0 saturated heterocycles. The van der Waals surface area contributed by atoms with Gasteiger partial charge in [0.2, 0.25) is 0 Å². The Labute approximate surface area is 90.8 Å². The van der Waals surface area contributed by atoms with E-state index >= 15 is 0 Å². The number of rotatable bonds is 3. The molecular formula is C9H10N5O2+. The lowest BCUT2D eigenvalue weighted by Gasteiger charge is -1.97. The van der Waals surface area contributed by atoms with Crippen LogP contribution in [0.3, 0.4) is 0 Å². The second-order valence-corrected chi connectivity index (χ2v) is 3.15. The third-order valence-electron chi connectivity index (χ3n) is 1.93. The van der Waals surface area contributed by atoms with Gasteiger partial charge in [-0.1, -0.05) is 0 Å². The first-order chi connectivity index (χ1) is 7.75. The van der Waals surface area contributed by atoms with Crippen molar-refractivity contribution in [2.75, 3.05) is 0 Å². The number of imidazole rings is 1. The van der Waals surface area contributed by atoms with Crippen molar-refractivity contribution >= 4 is 24.4 Å². The number of aromatic amines is 1. The van der Waals surface area contributed by atoms with Gasteiger partial charge in [0.25, 0.3) is 0 Å². The standard InChI is InChI=1S/C9H10N5O2/c10-7(3-6-4-11-5-14-6)8(15)16-9-12-1-2-13-9/h1-2,4-5,7H,3,10H2,(H,11,14)/q+1/t7-/m0/s1. The van der Waals surface area contributed by atoms with Gasteiger partial charge in [0.1, 0.15) is 0 Å². The van der Waals surface area contributed by atoms with Crippen LogP contribution in [-0.2, 0) is 11.2 Å². The van der Waals surface area contributed by atoms with Gasteiger partial charge in [0.05, 0.1) is 23.6 Å². The average Bonchev–Trinajstić information content (AvgIpc) is 2.90. The molecule has 2 amide bonds. The Kier molecular flexibility index (Phi) is 2.97. The molecule has 82 valence electrons. The first kappa shape index (κ1) is 10.4. The van der Waals surface area contributed by atoms with Crippen LogP contribution in [0.4, 0.5) is 4.42 Å². The van der Waals surface area contributed by atoms with Crippen LogP contribution in [0.5, 0.6) is 0 Å². The van der Waals surface area contributed by atoms with Crippen LogP contribution in [0.1, 0.15) is 5.69 Å². The summed E-state index contributed by atoms with van der Waals surface area (Å²) in [5.74, 6) is -0.569. The number of urea groups is 1. The summed E-state index contributed by atoms with van der Waals surface area (Å²) in [5.41, 5.74) is 6.42. The molecule has 3 N–H and O–H groups in total. The van der Waals surface area contributed by atoms with Crippen LogP contribution >= 0.6 is 0 Å². The third-order valence-corrected chi connectivity index (χ3v) is 1.93. The molecule has 1 aliphatic heterocycles. The van der Waals surface area contributed by atoms with Crippen molar-refractivity contribution in [1.29, 1.82) is 0 Å². The second-order valence-electron chi connectivity index (χ2n) is 3.15. The maximum absolute atomic E-state index is 11.5. The predicted molar refractivity (Wildman–Crippen MR) is 57.7 cm³/mol. The summed E-state index contributed by atoms with van der Waals surface area (Å²) >= 11 is 0. The van der Waals surface area contributed by atoms with Crippen LogP contribution in [0.15, 0.2) is 22.5 Å². The number of amides is 2. The Morgan fingerprint density at radius 2 is 2.25 bits per heavy atom. The minimum absolute atomic E-state index is 0.0186. The number of nitrogens with zero attached hydrogens (tertiary/aromatic N) is 3. The number of nitrogens with two attached hydrogens (primary N) is 1. The molecule has 0 radical (unpaired) electrons. The molecule has 1 aromatic rings. The average molecular weight is 220 g/mol. The van der Waals surface area contributed by atoms with Gasteiger partial charge in [-0.05, 0) is 0 Å². The number of H-pyrrole nitrogens is 1. The third kappa shape index (κ3) is 2.45. The first-order valence-corrected chi connectivity index (χ1v) is 4.64. The van der Waals surface area contributed by atoms with Crippen LogP contribution in [0.25, 0.3) is 0 Å². The van der Waals surface area contributed by atoms with E-state index in [1.165, 1.54) is 18.8 Å². The summed E-state index contributed by atoms with van der Waals surface area (Å²) in [7, 11) is 0. The van der Waals surface area contributed by atoms with Crippen LogP contribution in [-0.4, -0.2) is 40.4 Å². The Morgan fingerprint density at radius 3 is 2.88 bits per heavy atom. The van der Waals surface area contributed by atoms with E-state index in [4.69, 9.17) is 10.2 Å². The smallest absolute Gasteiger partial charge is 0.348 e. The fourth-order valence-electron chi connectivity index (χ4n) is 1.16. The largest absolute Gasteiger partial charge is 0.600 e. The SMILES string of the molecule is N[C@@H](Cc1cnc[nH]1)C(=O)[O+]=C1N=CC=N1. The molecule has 0 aliphatic carbocycles. The predicted octanol–water partition coefficient (Wildman–Crippen LogP) is -0.383. The molecule has 7 heteroatoms. The number of hydrogen-bond donors (Lipinski definition) is 2. The summed E-state index contributed by atoms with van der Waals surface area (Å²) in [5, 5.41) is 0. The lowest BCUT2D eigenvalue weighted by atomic mass is 10.2. The normalized spacial score (nSPS) is 15.4. The Hall–Kier alpha value is -2.15. The fourth-order valence-corrected chi connectivity index (χ4v) is 1.16. The van der Waals surface area contributed by atoms with E-state index < -0.39 is 12.0 Å². The minimum atomic E-state index is -0.765. The van der Waals surface area contributed by atoms with Gasteiger partial charge in [-0.3, -0.25) is 0 Å². The monoisotopic (exact) mass is 220 g/mol. The van der Waals surface area contributed by atoms with Gasteiger partial charge in [0.15, 0.2) is 6.04 Å². The molecule has 0 fully saturated rings. The van der Waals surface area contributed by atoms with Crippen molar-refractivity contribution in [3.63, 3.8) is 0 Å². The molecule has 16 heavy (non-hydrogen) atoms. The van der Waals surface area contributed by atoms with Crippen molar-refractivity contribution in [3.05, 3.63) is 18.2 Å². The molecule has 1 aliphatic rings. The number of aromatic nitrogens is 2. The summed E-state index contributed by atoms with van der Waals surface area (Å²) < 4.78 is 4.84. The highest BCUT2D eigenvalue weighted by atomic mass is 16.5. The van der Waals surface area contributed by atoms with Crippen molar-refractivity contribution < 1.29 is 9.22 Å². The maximum Gasteiger partial charge on any atom is 0.600 e. The quantitative estimate of drug-likeness (QED) is 0.677. The molecule has 0 saturated carbocycles. The summed E-state index contributed by atoms with van der Waals surface area (Å²) in [6.07, 6.45) is 6.32. The topological polar surface area (TPSA) is 108 Å². The zero-order valence-electron chi connectivity index (χ0n) is 8.33. The van der Waals surface area contributed by atoms with Crippen LogP contribution < -0.4 is 5.73 Å². The van der Waals surface area contributed by atoms with E-state index in [-0.39, 0.29) is 6.03 Å². The Balaban J connectivity index is 1.97. The Morgan fingerprint density at radius 1 is 1.50 bits per heavy atom. The summed E-state index contributed by atoms with van der Waals surface area (Å²) in [4.78, 5) is 25.6. The molecule has 0 unspecified atom stereocenters. The van der Waals surface area contributed by atoms with Gasteiger partial charge >= 0.3 is 12.0 Å². The molecule has 2 heterocycles. The maximum atomic E-state index is 11.5. The molecule has 1 aromatic heterocycles. The van der Waals surface area contributed by atoms with E-state index in [9.17, 15) is 4.79 Å². The molecule has 7 nitrogen and oxygen atoms in total.